The van der Waals surface area contributed by atoms with Gasteiger partial charge in [-0.3, -0.25) is 0 Å². The number of rotatable bonds is 8. The lowest BCUT2D eigenvalue weighted by atomic mass is 9.58. The topological polar surface area (TPSA) is 71.4 Å². The van der Waals surface area contributed by atoms with Crippen LogP contribution in [0.15, 0.2) is 43.0 Å². The van der Waals surface area contributed by atoms with Crippen LogP contribution in [-0.4, -0.2) is 66.4 Å². The zero-order chi connectivity index (χ0) is 24.3. The lowest BCUT2D eigenvalue weighted by Gasteiger charge is -2.51. The van der Waals surface area contributed by atoms with Crippen molar-refractivity contribution in [2.75, 3.05) is 39.8 Å². The van der Waals surface area contributed by atoms with Crippen LogP contribution in [0.2, 0.25) is 0 Å². The summed E-state index contributed by atoms with van der Waals surface area (Å²) in [5.74, 6) is 1.10. The highest BCUT2D eigenvalue weighted by Gasteiger charge is 2.52. The van der Waals surface area contributed by atoms with E-state index in [9.17, 15) is 9.18 Å². The van der Waals surface area contributed by atoms with Crippen LogP contribution in [0.5, 0.6) is 0 Å². The fourth-order valence-electron chi connectivity index (χ4n) is 6.98. The molecule has 0 unspecified atom stereocenters. The molecule has 1 aromatic heterocycles. The van der Waals surface area contributed by atoms with Crippen molar-refractivity contribution in [3.05, 3.63) is 54.4 Å². The second-order valence-electron chi connectivity index (χ2n) is 10.7. The van der Waals surface area contributed by atoms with Crippen LogP contribution in [-0.2, 0) is 16.7 Å². The van der Waals surface area contributed by atoms with Gasteiger partial charge in [0.1, 0.15) is 5.82 Å². The first-order valence-corrected chi connectivity index (χ1v) is 13.1. The molecule has 8 heteroatoms. The number of benzene rings is 1. The van der Waals surface area contributed by atoms with E-state index in [0.717, 1.165) is 82.9 Å². The Labute approximate surface area is 207 Å². The summed E-state index contributed by atoms with van der Waals surface area (Å²) in [7, 11) is 1.41. The maximum Gasteiger partial charge on any atom is 0.407 e. The lowest BCUT2D eigenvalue weighted by molar-refractivity contribution is 0.0530. The van der Waals surface area contributed by atoms with Gasteiger partial charge in [0, 0.05) is 50.0 Å². The zero-order valence-electron chi connectivity index (χ0n) is 20.7. The third-order valence-electron chi connectivity index (χ3n) is 8.73. The van der Waals surface area contributed by atoms with Gasteiger partial charge in [-0.05, 0) is 74.2 Å². The van der Waals surface area contributed by atoms with E-state index in [1.165, 1.54) is 13.2 Å². The summed E-state index contributed by atoms with van der Waals surface area (Å²) in [6, 6.07) is 7.19. The van der Waals surface area contributed by atoms with E-state index >= 15 is 0 Å². The minimum atomic E-state index is -0.387. The normalized spacial score (nSPS) is 25.7. The summed E-state index contributed by atoms with van der Waals surface area (Å²) >= 11 is 0. The molecular formula is C27H38FN5O2. The second kappa shape index (κ2) is 10.7. The Balaban J connectivity index is 1.51. The number of amides is 1. The number of nitrogens with zero attached hydrogens (tertiary/aromatic N) is 3. The van der Waals surface area contributed by atoms with Gasteiger partial charge in [-0.2, -0.15) is 0 Å². The van der Waals surface area contributed by atoms with Crippen molar-refractivity contribution in [2.45, 2.75) is 50.1 Å². The molecule has 0 radical (unpaired) electrons. The maximum atomic E-state index is 14.7. The van der Waals surface area contributed by atoms with Crippen LogP contribution in [0.3, 0.4) is 0 Å². The Hall–Kier alpha value is -2.45. The summed E-state index contributed by atoms with van der Waals surface area (Å²) in [5, 5.41) is 6.52. The van der Waals surface area contributed by atoms with Crippen LogP contribution in [0, 0.1) is 23.6 Å². The van der Waals surface area contributed by atoms with Gasteiger partial charge >= 0.3 is 6.09 Å². The summed E-state index contributed by atoms with van der Waals surface area (Å²) in [6.07, 6.45) is 10.4. The van der Waals surface area contributed by atoms with E-state index in [1.54, 1.807) is 6.07 Å². The lowest BCUT2D eigenvalue weighted by Crippen LogP contribution is -2.56. The van der Waals surface area contributed by atoms with E-state index < -0.39 is 0 Å². The molecule has 0 spiro atoms. The molecule has 2 saturated heterocycles. The van der Waals surface area contributed by atoms with Gasteiger partial charge in [0.05, 0.1) is 13.4 Å². The van der Waals surface area contributed by atoms with Gasteiger partial charge in [-0.15, -0.1) is 0 Å². The summed E-state index contributed by atoms with van der Waals surface area (Å²) < 4.78 is 21.8. The second-order valence-corrected chi connectivity index (χ2v) is 10.7. The smallest absolute Gasteiger partial charge is 0.407 e. The number of likely N-dealkylation sites (tertiary alicyclic amines) is 1. The summed E-state index contributed by atoms with van der Waals surface area (Å²) in [6.45, 7) is 6.24. The average molecular weight is 484 g/mol. The molecule has 3 aliphatic rings. The predicted molar refractivity (Wildman–Crippen MR) is 132 cm³/mol. The molecular weight excluding hydrogens is 445 g/mol. The van der Waals surface area contributed by atoms with Crippen molar-refractivity contribution in [1.82, 2.24) is 25.1 Å². The Morgan fingerprint density at radius 2 is 2.09 bits per heavy atom. The standard InChI is InChI=1S/C27H38FN5O2/c1-35-26(34)31-25-7-3-6-24(25)27(18-33-13-10-29-19-33,22-4-2-5-23(28)14-22)21-8-11-32(12-9-21)17-20-15-30-16-20/h2,4-5,10,13-14,19-21,24-25,30H,3,6-9,11-12,15-18H2,1H3,(H,31,34)/t24-,25-,27-/m0/s1. The molecule has 3 atom stereocenters. The Morgan fingerprint density at radius 1 is 1.26 bits per heavy atom. The molecule has 0 bridgehead atoms. The number of nitrogens with one attached hydrogen (secondary N) is 2. The highest BCUT2D eigenvalue weighted by atomic mass is 19.1. The van der Waals surface area contributed by atoms with Gasteiger partial charge in [0.2, 0.25) is 0 Å². The molecule has 190 valence electrons. The Kier molecular flexibility index (Phi) is 7.39. The molecule has 7 nitrogen and oxygen atoms in total. The van der Waals surface area contributed by atoms with Crippen molar-refractivity contribution in [2.24, 2.45) is 17.8 Å². The first-order chi connectivity index (χ1) is 17.1. The number of methoxy groups -OCH3 is 1. The SMILES string of the molecule is COC(=O)N[C@H]1CCC[C@@H]1[C@](Cn1ccnc1)(c1cccc(F)c1)C1CCN(CC2CNC2)CC1. The largest absolute Gasteiger partial charge is 0.453 e. The number of carbonyl (C=O) groups is 1. The van der Waals surface area contributed by atoms with Gasteiger partial charge in [0.15, 0.2) is 0 Å². The molecule has 2 N–H and O–H groups in total. The van der Waals surface area contributed by atoms with Gasteiger partial charge in [-0.1, -0.05) is 18.6 Å². The molecule has 35 heavy (non-hydrogen) atoms. The van der Waals surface area contributed by atoms with E-state index in [-0.39, 0.29) is 29.3 Å². The monoisotopic (exact) mass is 483 g/mol. The van der Waals surface area contributed by atoms with Crippen LogP contribution in [0.4, 0.5) is 9.18 Å². The Morgan fingerprint density at radius 3 is 2.74 bits per heavy atom. The average Bonchev–Trinajstić information content (AvgIpc) is 3.52. The predicted octanol–water partition coefficient (Wildman–Crippen LogP) is 3.42. The van der Waals surface area contributed by atoms with Gasteiger partial charge in [0.25, 0.3) is 0 Å². The number of piperidine rings is 1. The van der Waals surface area contributed by atoms with Gasteiger partial charge in [-0.25, -0.2) is 14.2 Å². The minimum Gasteiger partial charge on any atom is -0.453 e. The van der Waals surface area contributed by atoms with Gasteiger partial charge < -0.3 is 24.8 Å². The van der Waals surface area contributed by atoms with Crippen LogP contribution < -0.4 is 10.6 Å². The first kappa shape index (κ1) is 24.3. The molecule has 1 aromatic carbocycles. The third-order valence-corrected chi connectivity index (χ3v) is 8.73. The highest BCUT2D eigenvalue weighted by molar-refractivity contribution is 5.67. The molecule has 3 fully saturated rings. The number of hydrogen-bond donors (Lipinski definition) is 2. The zero-order valence-corrected chi connectivity index (χ0v) is 20.7. The quantitative estimate of drug-likeness (QED) is 0.602. The van der Waals surface area contributed by atoms with Crippen LogP contribution in [0.1, 0.15) is 37.7 Å². The molecule has 2 aromatic rings. The highest BCUT2D eigenvalue weighted by Crippen LogP contribution is 2.51. The van der Waals surface area contributed by atoms with Crippen molar-refractivity contribution in [3.63, 3.8) is 0 Å². The first-order valence-electron chi connectivity index (χ1n) is 13.1. The summed E-state index contributed by atoms with van der Waals surface area (Å²) in [5.41, 5.74) is 0.714. The number of halogens is 1. The van der Waals surface area contributed by atoms with E-state index in [0.29, 0.717) is 5.92 Å². The Bertz CT molecular complexity index is 974. The number of imidazole rings is 1. The van der Waals surface area contributed by atoms with Crippen LogP contribution in [0.25, 0.3) is 0 Å². The van der Waals surface area contributed by atoms with Crippen molar-refractivity contribution >= 4 is 6.09 Å². The number of hydrogen-bond acceptors (Lipinski definition) is 5. The number of ether oxygens (including phenoxy) is 1. The van der Waals surface area contributed by atoms with E-state index in [1.807, 2.05) is 24.8 Å². The fraction of sp³-hybridized carbons (Fsp3) is 0.630. The molecule has 1 amide bonds. The van der Waals surface area contributed by atoms with E-state index in [4.69, 9.17) is 4.74 Å². The van der Waals surface area contributed by atoms with Crippen molar-refractivity contribution in [1.29, 1.82) is 0 Å². The molecule has 5 rings (SSSR count). The van der Waals surface area contributed by atoms with Crippen molar-refractivity contribution in [3.8, 4) is 0 Å². The summed E-state index contributed by atoms with van der Waals surface area (Å²) in [4.78, 5) is 19.2. The molecule has 2 aliphatic heterocycles. The van der Waals surface area contributed by atoms with Crippen LogP contribution >= 0.6 is 0 Å². The third kappa shape index (κ3) is 5.09. The maximum absolute atomic E-state index is 14.7. The fourth-order valence-corrected chi connectivity index (χ4v) is 6.98. The molecule has 3 heterocycles. The molecule has 1 aliphatic carbocycles. The number of aromatic nitrogens is 2. The molecule has 1 saturated carbocycles. The number of carbonyl (C=O) groups excluding carboxylic acids is 1. The van der Waals surface area contributed by atoms with Crippen molar-refractivity contribution < 1.29 is 13.9 Å². The minimum absolute atomic E-state index is 0.00619. The van der Waals surface area contributed by atoms with E-state index in [2.05, 4.69) is 31.2 Å². The number of alkyl carbamates (subject to hydrolysis) is 1.